The molecular formula is C22H23FN4O. The van der Waals surface area contributed by atoms with Crippen molar-refractivity contribution in [2.45, 2.75) is 26.2 Å². The van der Waals surface area contributed by atoms with Crippen LogP contribution in [0.1, 0.15) is 41.4 Å². The Hall–Kier alpha value is -3.28. The predicted octanol–water partition coefficient (Wildman–Crippen LogP) is 4.65. The van der Waals surface area contributed by atoms with Crippen molar-refractivity contribution in [1.82, 2.24) is 9.97 Å². The molecule has 2 aromatic carbocycles. The molecule has 0 bridgehead atoms. The molecule has 2 N–H and O–H groups in total. The number of aromatic nitrogens is 2. The summed E-state index contributed by atoms with van der Waals surface area (Å²) < 4.78 is 13.6. The van der Waals surface area contributed by atoms with Gasteiger partial charge < -0.3 is 10.6 Å². The number of amides is 1. The molecular weight excluding hydrogens is 355 g/mol. The molecule has 5 nitrogen and oxygen atoms in total. The second-order valence-corrected chi connectivity index (χ2v) is 6.75. The minimum absolute atomic E-state index is 0.218. The van der Waals surface area contributed by atoms with E-state index in [1.54, 1.807) is 12.1 Å². The van der Waals surface area contributed by atoms with Crippen LogP contribution in [-0.2, 0) is 6.42 Å². The molecule has 3 aromatic rings. The zero-order valence-corrected chi connectivity index (χ0v) is 15.9. The van der Waals surface area contributed by atoms with Crippen LogP contribution in [0, 0.1) is 5.82 Å². The fourth-order valence-electron chi connectivity index (χ4n) is 2.86. The third-order valence-corrected chi connectivity index (χ3v) is 4.37. The van der Waals surface area contributed by atoms with Crippen LogP contribution in [-0.4, -0.2) is 22.4 Å². The summed E-state index contributed by atoms with van der Waals surface area (Å²) in [5.41, 5.74) is 2.72. The first-order valence-corrected chi connectivity index (χ1v) is 9.24. The Labute approximate surface area is 164 Å². The smallest absolute Gasteiger partial charge is 0.275 e. The average Bonchev–Trinajstić information content (AvgIpc) is 2.70. The van der Waals surface area contributed by atoms with Gasteiger partial charge in [0.25, 0.3) is 5.91 Å². The van der Waals surface area contributed by atoms with Gasteiger partial charge in [-0.05, 0) is 35.6 Å². The summed E-state index contributed by atoms with van der Waals surface area (Å²) in [6.07, 6.45) is 3.46. The van der Waals surface area contributed by atoms with E-state index in [-0.39, 0.29) is 17.4 Å². The lowest BCUT2D eigenvalue weighted by Gasteiger charge is -2.13. The van der Waals surface area contributed by atoms with Gasteiger partial charge in [-0.15, -0.1) is 0 Å². The predicted molar refractivity (Wildman–Crippen MR) is 109 cm³/mol. The van der Waals surface area contributed by atoms with Crippen LogP contribution >= 0.6 is 0 Å². The number of rotatable bonds is 7. The van der Waals surface area contributed by atoms with E-state index in [0.717, 1.165) is 11.3 Å². The molecule has 0 aliphatic heterocycles. The number of nitrogens with zero attached hydrogens (tertiary/aromatic N) is 2. The molecule has 144 valence electrons. The molecule has 6 heteroatoms. The van der Waals surface area contributed by atoms with Crippen molar-refractivity contribution in [3.8, 4) is 0 Å². The van der Waals surface area contributed by atoms with Gasteiger partial charge in [-0.2, -0.15) is 0 Å². The third kappa shape index (κ3) is 4.91. The fraction of sp³-hybridized carbons (Fsp3) is 0.227. The van der Waals surface area contributed by atoms with Crippen molar-refractivity contribution in [2.75, 3.05) is 17.2 Å². The highest BCUT2D eigenvalue weighted by atomic mass is 19.1. The van der Waals surface area contributed by atoms with Gasteiger partial charge in [0.15, 0.2) is 0 Å². The topological polar surface area (TPSA) is 66.9 Å². The summed E-state index contributed by atoms with van der Waals surface area (Å²) in [5, 5.41) is 5.98. The maximum Gasteiger partial charge on any atom is 0.275 e. The molecule has 0 saturated carbocycles. The van der Waals surface area contributed by atoms with Crippen molar-refractivity contribution in [3.63, 3.8) is 0 Å². The molecule has 0 saturated heterocycles. The molecule has 3 rings (SSSR count). The highest BCUT2D eigenvalue weighted by Gasteiger charge is 2.12. The summed E-state index contributed by atoms with van der Waals surface area (Å²) in [4.78, 5) is 20.9. The van der Waals surface area contributed by atoms with Gasteiger partial charge in [0, 0.05) is 12.2 Å². The van der Waals surface area contributed by atoms with Crippen LogP contribution in [0.15, 0.2) is 60.9 Å². The molecule has 28 heavy (non-hydrogen) atoms. The molecule has 0 aliphatic carbocycles. The van der Waals surface area contributed by atoms with Gasteiger partial charge in [-0.25, -0.2) is 14.4 Å². The third-order valence-electron chi connectivity index (χ3n) is 4.37. The Morgan fingerprint density at radius 2 is 1.79 bits per heavy atom. The Morgan fingerprint density at radius 3 is 2.50 bits per heavy atom. The quantitative estimate of drug-likeness (QED) is 0.628. The summed E-state index contributed by atoms with van der Waals surface area (Å²) in [6, 6.07) is 14.4. The zero-order valence-electron chi connectivity index (χ0n) is 15.9. The molecule has 1 amide bonds. The van der Waals surface area contributed by atoms with E-state index in [1.165, 1.54) is 18.5 Å². The van der Waals surface area contributed by atoms with Gasteiger partial charge in [-0.3, -0.25) is 4.79 Å². The maximum atomic E-state index is 13.6. The second-order valence-electron chi connectivity index (χ2n) is 6.75. The number of hydrogen-bond acceptors (Lipinski definition) is 4. The van der Waals surface area contributed by atoms with E-state index < -0.39 is 0 Å². The van der Waals surface area contributed by atoms with Crippen LogP contribution < -0.4 is 10.6 Å². The summed E-state index contributed by atoms with van der Waals surface area (Å²) >= 11 is 0. The van der Waals surface area contributed by atoms with Gasteiger partial charge >= 0.3 is 0 Å². The van der Waals surface area contributed by atoms with E-state index in [1.807, 2.05) is 30.3 Å². The van der Waals surface area contributed by atoms with Crippen molar-refractivity contribution < 1.29 is 9.18 Å². The molecule has 0 spiro atoms. The van der Waals surface area contributed by atoms with Crippen molar-refractivity contribution >= 4 is 17.4 Å². The van der Waals surface area contributed by atoms with Crippen molar-refractivity contribution in [1.29, 1.82) is 0 Å². The zero-order chi connectivity index (χ0) is 19.9. The number of hydrogen-bond donors (Lipinski definition) is 2. The lowest BCUT2D eigenvalue weighted by atomic mass is 10.0. The van der Waals surface area contributed by atoms with Gasteiger partial charge in [0.1, 0.15) is 17.3 Å². The number of anilines is 2. The minimum atomic E-state index is -0.307. The lowest BCUT2D eigenvalue weighted by Crippen LogP contribution is -2.16. The molecule has 0 atom stereocenters. The van der Waals surface area contributed by atoms with Crippen LogP contribution in [0.3, 0.4) is 0 Å². The van der Waals surface area contributed by atoms with E-state index in [2.05, 4.69) is 34.4 Å². The number of para-hydroxylation sites is 1. The molecule has 0 aliphatic rings. The van der Waals surface area contributed by atoms with Gasteiger partial charge in [0.2, 0.25) is 0 Å². The molecule has 0 fully saturated rings. The van der Waals surface area contributed by atoms with Crippen LogP contribution in [0.2, 0.25) is 0 Å². The molecule has 0 unspecified atom stereocenters. The summed E-state index contributed by atoms with van der Waals surface area (Å²) in [6.45, 7) is 4.67. The molecule has 0 radical (unpaired) electrons. The number of benzene rings is 2. The number of carbonyl (C=O) groups is 1. The van der Waals surface area contributed by atoms with Crippen LogP contribution in [0.4, 0.5) is 15.9 Å². The maximum absolute atomic E-state index is 13.6. The second kappa shape index (κ2) is 9.08. The largest absolute Gasteiger partial charge is 0.368 e. The number of carbonyl (C=O) groups excluding carboxylic acids is 1. The van der Waals surface area contributed by atoms with Crippen LogP contribution in [0.25, 0.3) is 0 Å². The van der Waals surface area contributed by atoms with E-state index in [4.69, 9.17) is 0 Å². The van der Waals surface area contributed by atoms with E-state index in [9.17, 15) is 9.18 Å². The first-order valence-electron chi connectivity index (χ1n) is 9.24. The van der Waals surface area contributed by atoms with Gasteiger partial charge in [0.05, 0.1) is 12.4 Å². The molecule has 1 heterocycles. The normalized spacial score (nSPS) is 10.7. The van der Waals surface area contributed by atoms with Crippen molar-refractivity contribution in [2.24, 2.45) is 0 Å². The number of nitrogens with one attached hydrogen (secondary N) is 2. The average molecular weight is 378 g/mol. The lowest BCUT2D eigenvalue weighted by molar-refractivity contribution is 0.102. The SMILES string of the molecule is CC(C)c1ccccc1NC(=O)c1cnc(NCCc2ccccc2F)cn1. The highest BCUT2D eigenvalue weighted by molar-refractivity contribution is 6.03. The standard InChI is InChI=1S/C22H23FN4O/c1-15(2)17-8-4-6-10-19(17)27-22(28)20-13-26-21(14-25-20)24-12-11-16-7-3-5-9-18(16)23/h3-10,13-15H,11-12H2,1-2H3,(H,24,26)(H,27,28). The molecule has 1 aromatic heterocycles. The highest BCUT2D eigenvalue weighted by Crippen LogP contribution is 2.24. The first-order chi connectivity index (χ1) is 13.5. The van der Waals surface area contributed by atoms with Crippen LogP contribution in [0.5, 0.6) is 0 Å². The van der Waals surface area contributed by atoms with Crippen molar-refractivity contribution in [3.05, 3.63) is 83.6 Å². The van der Waals surface area contributed by atoms with E-state index >= 15 is 0 Å². The monoisotopic (exact) mass is 378 g/mol. The Kier molecular flexibility index (Phi) is 6.32. The Balaban J connectivity index is 1.58. The van der Waals surface area contributed by atoms with Gasteiger partial charge in [-0.1, -0.05) is 50.2 Å². The number of halogens is 1. The first kappa shape index (κ1) is 19.5. The summed E-state index contributed by atoms with van der Waals surface area (Å²) in [7, 11) is 0. The summed E-state index contributed by atoms with van der Waals surface area (Å²) in [5.74, 6) is 0.307. The fourth-order valence-corrected chi connectivity index (χ4v) is 2.86. The Morgan fingerprint density at radius 1 is 1.04 bits per heavy atom. The minimum Gasteiger partial charge on any atom is -0.368 e. The van der Waals surface area contributed by atoms with E-state index in [0.29, 0.717) is 30.3 Å². The Bertz CT molecular complexity index is 941.